The normalized spacial score (nSPS) is 22.9. The summed E-state index contributed by atoms with van der Waals surface area (Å²) in [6.45, 7) is 2.92. The summed E-state index contributed by atoms with van der Waals surface area (Å²) in [6.07, 6.45) is 6.89. The van der Waals surface area contributed by atoms with Crippen molar-refractivity contribution in [2.45, 2.75) is 31.7 Å². The lowest BCUT2D eigenvalue weighted by Gasteiger charge is -2.38. The number of hydrogen-bond donors (Lipinski definition) is 1. The van der Waals surface area contributed by atoms with Gasteiger partial charge in [-0.05, 0) is 58.9 Å². The number of allylic oxidation sites excluding steroid dienone is 2. The molecule has 3 atom stereocenters. The van der Waals surface area contributed by atoms with Crippen molar-refractivity contribution in [1.29, 1.82) is 0 Å². The molecule has 3 aromatic rings. The van der Waals surface area contributed by atoms with E-state index < -0.39 is 0 Å². The highest BCUT2D eigenvalue weighted by molar-refractivity contribution is 5.86. The highest BCUT2D eigenvalue weighted by atomic mass is 16.5. The van der Waals surface area contributed by atoms with Gasteiger partial charge in [0.15, 0.2) is 0 Å². The summed E-state index contributed by atoms with van der Waals surface area (Å²) in [4.78, 5) is 0. The highest BCUT2D eigenvalue weighted by Gasteiger charge is 2.38. The van der Waals surface area contributed by atoms with Crippen molar-refractivity contribution in [1.82, 2.24) is 0 Å². The van der Waals surface area contributed by atoms with Crippen LogP contribution in [-0.2, 0) is 0 Å². The van der Waals surface area contributed by atoms with Gasteiger partial charge in [0, 0.05) is 11.6 Å². The summed E-state index contributed by atoms with van der Waals surface area (Å²) in [5, 5.41) is 6.53. The van der Waals surface area contributed by atoms with Gasteiger partial charge in [-0.3, -0.25) is 0 Å². The van der Waals surface area contributed by atoms with Crippen molar-refractivity contribution in [2.24, 2.45) is 5.92 Å². The van der Waals surface area contributed by atoms with Gasteiger partial charge in [0.05, 0.1) is 12.6 Å². The van der Waals surface area contributed by atoms with E-state index in [1.165, 1.54) is 27.6 Å². The van der Waals surface area contributed by atoms with Gasteiger partial charge in [0.25, 0.3) is 0 Å². The fourth-order valence-corrected chi connectivity index (χ4v) is 4.71. The number of ether oxygens (including phenoxy) is 1. The van der Waals surface area contributed by atoms with E-state index in [0.717, 1.165) is 25.2 Å². The van der Waals surface area contributed by atoms with Gasteiger partial charge in [0.2, 0.25) is 0 Å². The van der Waals surface area contributed by atoms with E-state index in [1.807, 2.05) is 0 Å². The molecule has 0 aromatic heterocycles. The van der Waals surface area contributed by atoms with Crippen LogP contribution in [0.5, 0.6) is 5.75 Å². The standard InChI is InChI=1S/C25H25NO/c1-2-15-27-18-13-14-24-23(16-18)20-10-6-12-22(20)25(26-24)21-11-5-8-17-7-3-4-9-19(17)21/h3-11,13-14,16,20,22,25-26H,2,12,15H2,1H3. The van der Waals surface area contributed by atoms with Crippen molar-refractivity contribution < 1.29 is 4.74 Å². The topological polar surface area (TPSA) is 21.3 Å². The second kappa shape index (κ2) is 6.77. The first-order valence-electron chi connectivity index (χ1n) is 10.0. The number of hydrogen-bond acceptors (Lipinski definition) is 2. The Morgan fingerprint density at radius 3 is 2.81 bits per heavy atom. The Hall–Kier alpha value is -2.74. The van der Waals surface area contributed by atoms with Crippen molar-refractivity contribution in [3.63, 3.8) is 0 Å². The lowest BCUT2D eigenvalue weighted by atomic mass is 9.76. The maximum Gasteiger partial charge on any atom is 0.119 e. The van der Waals surface area contributed by atoms with Crippen LogP contribution in [0, 0.1) is 5.92 Å². The molecule has 2 heteroatoms. The van der Waals surface area contributed by atoms with Gasteiger partial charge in [-0.15, -0.1) is 0 Å². The zero-order valence-electron chi connectivity index (χ0n) is 15.7. The highest BCUT2D eigenvalue weighted by Crippen LogP contribution is 2.51. The molecule has 1 aliphatic heterocycles. The fraction of sp³-hybridized carbons (Fsp3) is 0.280. The molecule has 0 saturated carbocycles. The average Bonchev–Trinajstić information content (AvgIpc) is 3.21. The number of benzene rings is 3. The van der Waals surface area contributed by atoms with E-state index in [-0.39, 0.29) is 0 Å². The molecule has 3 aromatic carbocycles. The van der Waals surface area contributed by atoms with Crippen LogP contribution in [0.15, 0.2) is 72.8 Å². The molecule has 3 unspecified atom stereocenters. The second-order valence-electron chi connectivity index (χ2n) is 7.64. The molecule has 0 radical (unpaired) electrons. The molecule has 1 heterocycles. The molecule has 5 rings (SSSR count). The third-order valence-electron chi connectivity index (χ3n) is 5.97. The Morgan fingerprint density at radius 1 is 1.00 bits per heavy atom. The van der Waals surface area contributed by atoms with Crippen LogP contribution in [0.2, 0.25) is 0 Å². The number of anilines is 1. The molecule has 1 N–H and O–H groups in total. The smallest absolute Gasteiger partial charge is 0.119 e. The Kier molecular flexibility index (Phi) is 4.12. The minimum absolute atomic E-state index is 0.325. The van der Waals surface area contributed by atoms with Gasteiger partial charge in [-0.25, -0.2) is 0 Å². The van der Waals surface area contributed by atoms with Gasteiger partial charge >= 0.3 is 0 Å². The summed E-state index contributed by atoms with van der Waals surface area (Å²) in [7, 11) is 0. The monoisotopic (exact) mass is 355 g/mol. The SMILES string of the molecule is CCCOc1ccc2c(c1)C1C=CCC1C(c1cccc3ccccc13)N2. The zero-order chi connectivity index (χ0) is 18.2. The van der Waals surface area contributed by atoms with E-state index in [9.17, 15) is 0 Å². The predicted molar refractivity (Wildman–Crippen MR) is 113 cm³/mol. The second-order valence-corrected chi connectivity index (χ2v) is 7.64. The molecule has 27 heavy (non-hydrogen) atoms. The van der Waals surface area contributed by atoms with Gasteiger partial charge in [-0.1, -0.05) is 61.5 Å². The van der Waals surface area contributed by atoms with Gasteiger partial charge < -0.3 is 10.1 Å². The number of rotatable bonds is 4. The molecular formula is C25H25NO. The quantitative estimate of drug-likeness (QED) is 0.543. The van der Waals surface area contributed by atoms with Crippen LogP contribution in [0.1, 0.15) is 42.9 Å². The summed E-state index contributed by atoms with van der Waals surface area (Å²) >= 11 is 0. The van der Waals surface area contributed by atoms with Crippen LogP contribution < -0.4 is 10.1 Å². The molecule has 2 nitrogen and oxygen atoms in total. The minimum Gasteiger partial charge on any atom is -0.494 e. The van der Waals surface area contributed by atoms with Crippen LogP contribution in [0.4, 0.5) is 5.69 Å². The molecule has 0 amide bonds. The van der Waals surface area contributed by atoms with Crippen molar-refractivity contribution in [3.05, 3.63) is 83.9 Å². The molecule has 2 aliphatic rings. The fourth-order valence-electron chi connectivity index (χ4n) is 4.71. The average molecular weight is 355 g/mol. The van der Waals surface area contributed by atoms with Crippen LogP contribution in [0.25, 0.3) is 10.8 Å². The maximum absolute atomic E-state index is 5.89. The van der Waals surface area contributed by atoms with Crippen molar-refractivity contribution >= 4 is 16.5 Å². The predicted octanol–water partition coefficient (Wildman–Crippen LogP) is 6.46. The molecule has 0 fully saturated rings. The van der Waals surface area contributed by atoms with Gasteiger partial charge in [-0.2, -0.15) is 0 Å². The molecular weight excluding hydrogens is 330 g/mol. The van der Waals surface area contributed by atoms with E-state index in [4.69, 9.17) is 4.74 Å². The molecule has 0 spiro atoms. The summed E-state index contributed by atoms with van der Waals surface area (Å²) in [5.74, 6) is 1.99. The van der Waals surface area contributed by atoms with Crippen molar-refractivity contribution in [3.8, 4) is 5.75 Å². The lowest BCUT2D eigenvalue weighted by Crippen LogP contribution is -2.29. The zero-order valence-corrected chi connectivity index (χ0v) is 15.7. The molecule has 136 valence electrons. The Labute approximate surface area is 160 Å². The van der Waals surface area contributed by atoms with Crippen LogP contribution >= 0.6 is 0 Å². The van der Waals surface area contributed by atoms with Gasteiger partial charge in [0.1, 0.15) is 5.75 Å². The largest absolute Gasteiger partial charge is 0.494 e. The lowest BCUT2D eigenvalue weighted by molar-refractivity contribution is 0.316. The van der Waals surface area contributed by atoms with Crippen LogP contribution in [-0.4, -0.2) is 6.61 Å². The maximum atomic E-state index is 5.89. The third kappa shape index (κ3) is 2.80. The first kappa shape index (κ1) is 16.4. The van der Waals surface area contributed by atoms with E-state index in [2.05, 4.69) is 85.1 Å². The summed E-state index contributed by atoms with van der Waals surface area (Å²) in [5.41, 5.74) is 4.02. The van der Waals surface area contributed by atoms with E-state index >= 15 is 0 Å². The number of fused-ring (bicyclic) bond motifs is 4. The minimum atomic E-state index is 0.325. The molecule has 0 bridgehead atoms. The Balaban J connectivity index is 1.57. The third-order valence-corrected chi connectivity index (χ3v) is 5.97. The molecule has 0 saturated heterocycles. The van der Waals surface area contributed by atoms with Crippen LogP contribution in [0.3, 0.4) is 0 Å². The Bertz CT molecular complexity index is 1000. The summed E-state index contributed by atoms with van der Waals surface area (Å²) < 4.78 is 5.89. The van der Waals surface area contributed by atoms with E-state index in [0.29, 0.717) is 17.9 Å². The molecule has 1 aliphatic carbocycles. The van der Waals surface area contributed by atoms with Crippen molar-refractivity contribution in [2.75, 3.05) is 11.9 Å². The first-order chi connectivity index (χ1) is 13.3. The van der Waals surface area contributed by atoms with E-state index in [1.54, 1.807) is 0 Å². The Morgan fingerprint density at radius 2 is 1.89 bits per heavy atom. The number of nitrogens with one attached hydrogen (secondary N) is 1. The summed E-state index contributed by atoms with van der Waals surface area (Å²) in [6, 6.07) is 22.3. The first-order valence-corrected chi connectivity index (χ1v) is 10.0.